The Morgan fingerprint density at radius 2 is 1.83 bits per heavy atom. The number of rotatable bonds is 8. The summed E-state index contributed by atoms with van der Waals surface area (Å²) in [5, 5.41) is 26.0. The molecule has 0 aromatic carbocycles. The maximum absolute atomic E-state index is 11.4. The largest absolute Gasteiger partial charge is 0.396 e. The number of hydrogen-bond donors (Lipinski definition) is 3. The fourth-order valence-electron chi connectivity index (χ4n) is 1.59. The molecule has 148 valence electrons. The fourth-order valence-corrected chi connectivity index (χ4v) is 4.55. The van der Waals surface area contributed by atoms with E-state index in [1.807, 2.05) is 0 Å². The molecule has 2 atom stereocenters. The standard InChI is InChI=1S/C6H15O5P.C5H11O4P.CH3F/c1-10-12(9,11-2)5-6(3-7)4-8;1-8-10(7)4-5(2-6)3-9-10;1-2/h6-8H,3-5H2,1-2H3;5-6H,2-4H2,1H3;1H3/i;;1D. The third-order valence-electron chi connectivity index (χ3n) is 3.08. The van der Waals surface area contributed by atoms with E-state index in [0.717, 1.165) is 0 Å². The van der Waals surface area contributed by atoms with Crippen LogP contribution in [0, 0.1) is 11.8 Å². The second-order valence-electron chi connectivity index (χ2n) is 4.71. The molecule has 3 N–H and O–H groups in total. The van der Waals surface area contributed by atoms with E-state index in [4.69, 9.17) is 21.2 Å². The van der Waals surface area contributed by atoms with Crippen LogP contribution in [0.3, 0.4) is 0 Å². The van der Waals surface area contributed by atoms with Gasteiger partial charge in [0.1, 0.15) is 0 Å². The average Bonchev–Trinajstić information content (AvgIpc) is 3.03. The lowest BCUT2D eigenvalue weighted by Crippen LogP contribution is -2.16. The molecule has 1 fully saturated rings. The molecule has 0 spiro atoms. The van der Waals surface area contributed by atoms with Crippen molar-refractivity contribution < 1.29 is 48.3 Å². The van der Waals surface area contributed by atoms with E-state index in [0.29, 0.717) is 12.8 Å². The lowest BCUT2D eigenvalue weighted by Gasteiger charge is -2.17. The zero-order valence-corrected chi connectivity index (χ0v) is 16.0. The van der Waals surface area contributed by atoms with Gasteiger partial charge in [-0.25, -0.2) is 0 Å². The van der Waals surface area contributed by atoms with Gasteiger partial charge in [-0.05, 0) is 0 Å². The highest BCUT2D eigenvalue weighted by Gasteiger charge is 2.35. The summed E-state index contributed by atoms with van der Waals surface area (Å²) in [6.07, 6.45) is 0.382. The van der Waals surface area contributed by atoms with Crippen LogP contribution in [0.4, 0.5) is 4.39 Å². The summed E-state index contributed by atoms with van der Waals surface area (Å²) in [4.78, 5) is 0. The van der Waals surface area contributed by atoms with Gasteiger partial charge in [0, 0.05) is 53.0 Å². The zero-order chi connectivity index (χ0) is 19.9. The molecular formula is C12H29FO9P2. The Morgan fingerprint density at radius 3 is 2.08 bits per heavy atom. The van der Waals surface area contributed by atoms with Crippen LogP contribution in [0.2, 0.25) is 0 Å². The molecule has 9 nitrogen and oxygen atoms in total. The normalized spacial score (nSPS) is 23.8. The first-order chi connectivity index (χ1) is 11.7. The number of aliphatic hydroxyl groups excluding tert-OH is 3. The van der Waals surface area contributed by atoms with Crippen molar-refractivity contribution in [3.05, 3.63) is 0 Å². The van der Waals surface area contributed by atoms with Crippen LogP contribution in [0.5, 0.6) is 0 Å². The fraction of sp³-hybridized carbons (Fsp3) is 1.00. The zero-order valence-electron chi connectivity index (χ0n) is 15.2. The van der Waals surface area contributed by atoms with E-state index in [1.165, 1.54) is 21.3 Å². The van der Waals surface area contributed by atoms with Crippen molar-refractivity contribution in [2.24, 2.45) is 11.8 Å². The van der Waals surface area contributed by atoms with Crippen molar-refractivity contribution in [1.29, 1.82) is 0 Å². The molecule has 0 radical (unpaired) electrons. The minimum atomic E-state index is -3.09. The Balaban J connectivity index is 0. The highest BCUT2D eigenvalue weighted by Crippen LogP contribution is 2.53. The van der Waals surface area contributed by atoms with Gasteiger partial charge in [-0.2, -0.15) is 0 Å². The second kappa shape index (κ2) is 14.3. The van der Waals surface area contributed by atoms with Crippen LogP contribution in [0.15, 0.2) is 0 Å². The smallest absolute Gasteiger partial charge is 0.330 e. The molecule has 24 heavy (non-hydrogen) atoms. The quantitative estimate of drug-likeness (QED) is 0.514. The molecule has 1 rings (SSSR count). The molecule has 0 aliphatic carbocycles. The average molecular weight is 399 g/mol. The van der Waals surface area contributed by atoms with E-state index in [1.54, 1.807) is 0 Å². The maximum Gasteiger partial charge on any atom is 0.330 e. The van der Waals surface area contributed by atoms with Crippen molar-refractivity contribution in [1.82, 2.24) is 0 Å². The van der Waals surface area contributed by atoms with Gasteiger partial charge in [0.05, 0.1) is 27.5 Å². The van der Waals surface area contributed by atoms with E-state index in [-0.39, 0.29) is 31.9 Å². The predicted molar refractivity (Wildman–Crippen MR) is 87.2 cm³/mol. The van der Waals surface area contributed by atoms with Crippen LogP contribution in [-0.4, -0.2) is 82.6 Å². The van der Waals surface area contributed by atoms with E-state index >= 15 is 0 Å². The van der Waals surface area contributed by atoms with Crippen LogP contribution < -0.4 is 0 Å². The summed E-state index contributed by atoms with van der Waals surface area (Å²) < 4.78 is 56.9. The Hall–Kier alpha value is 0.110. The Morgan fingerprint density at radius 1 is 1.33 bits per heavy atom. The van der Waals surface area contributed by atoms with Gasteiger partial charge in [-0.3, -0.25) is 13.5 Å². The van der Waals surface area contributed by atoms with Gasteiger partial charge >= 0.3 is 15.2 Å². The topological polar surface area (TPSA) is 132 Å². The lowest BCUT2D eigenvalue weighted by molar-refractivity contribution is 0.155. The highest BCUT2D eigenvalue weighted by molar-refractivity contribution is 7.54. The number of hydrogen-bond acceptors (Lipinski definition) is 9. The highest BCUT2D eigenvalue weighted by atomic mass is 31.2. The summed E-state index contributed by atoms with van der Waals surface area (Å²) in [6.45, 7) is -0.0879. The summed E-state index contributed by atoms with van der Waals surface area (Å²) in [5.41, 5.74) is 0. The molecule has 0 bridgehead atoms. The monoisotopic (exact) mass is 399 g/mol. The first-order valence-electron chi connectivity index (χ1n) is 7.61. The SMILES string of the molecule is COP(=O)(CC(CO)CO)OC.COP1(=O)CC(CO)CO1.[2H]CF. The van der Waals surface area contributed by atoms with Crippen LogP contribution >= 0.6 is 15.2 Å². The first-order valence-corrected chi connectivity index (χ1v) is 10.4. The molecule has 0 saturated carbocycles. The molecule has 12 heteroatoms. The van der Waals surface area contributed by atoms with Crippen molar-refractivity contribution >= 4 is 15.2 Å². The van der Waals surface area contributed by atoms with Crippen molar-refractivity contribution in [2.45, 2.75) is 0 Å². The minimum absolute atomic E-state index is 0.00853. The van der Waals surface area contributed by atoms with Gasteiger partial charge in [-0.15, -0.1) is 0 Å². The summed E-state index contributed by atoms with van der Waals surface area (Å²) in [7, 11) is -2.96. The number of alkyl halides is 1. The van der Waals surface area contributed by atoms with Gasteiger partial charge in [0.15, 0.2) is 0 Å². The van der Waals surface area contributed by atoms with Crippen LogP contribution in [0.1, 0.15) is 1.37 Å². The van der Waals surface area contributed by atoms with Crippen molar-refractivity contribution in [3.8, 4) is 0 Å². The summed E-state index contributed by atoms with van der Waals surface area (Å²) in [6, 6.07) is 0. The van der Waals surface area contributed by atoms with Crippen molar-refractivity contribution in [3.63, 3.8) is 0 Å². The summed E-state index contributed by atoms with van der Waals surface area (Å²) >= 11 is 0. The van der Waals surface area contributed by atoms with E-state index in [2.05, 4.69) is 13.6 Å². The third kappa shape index (κ3) is 10.2. The molecule has 0 aromatic heterocycles. The van der Waals surface area contributed by atoms with Gasteiger partial charge in [-0.1, -0.05) is 0 Å². The van der Waals surface area contributed by atoms with E-state index in [9.17, 15) is 13.5 Å². The number of halogens is 1. The van der Waals surface area contributed by atoms with E-state index < -0.39 is 28.3 Å². The predicted octanol–water partition coefficient (Wildman–Crippen LogP) is 1.12. The molecule has 0 aromatic rings. The third-order valence-corrected chi connectivity index (χ3v) is 7.22. The lowest BCUT2D eigenvalue weighted by atomic mass is 10.2. The Labute approximate surface area is 143 Å². The number of aliphatic hydroxyl groups is 3. The molecule has 2 unspecified atom stereocenters. The van der Waals surface area contributed by atoms with Crippen LogP contribution in [-0.2, 0) is 27.2 Å². The Bertz CT molecular complexity index is 404. The van der Waals surface area contributed by atoms with Gasteiger partial charge in [0.2, 0.25) is 0 Å². The molecule has 1 heterocycles. The minimum Gasteiger partial charge on any atom is -0.396 e. The molecule has 1 aliphatic heterocycles. The van der Waals surface area contributed by atoms with Crippen LogP contribution in [0.25, 0.3) is 0 Å². The Kier molecular flexibility index (Phi) is 14.4. The second-order valence-corrected chi connectivity index (χ2v) is 9.24. The molecule has 1 aliphatic rings. The molecule has 0 amide bonds. The van der Waals surface area contributed by atoms with Gasteiger partial charge in [0.25, 0.3) is 0 Å². The summed E-state index contributed by atoms with van der Waals surface area (Å²) in [5.74, 6) is -0.457. The molecule has 1 saturated heterocycles. The van der Waals surface area contributed by atoms with Gasteiger partial charge < -0.3 is 33.4 Å². The van der Waals surface area contributed by atoms with Crippen molar-refractivity contribution in [2.75, 3.05) is 67.2 Å². The first kappa shape index (κ1) is 24.1. The molecular weight excluding hydrogens is 369 g/mol. The maximum atomic E-state index is 11.4.